The van der Waals surface area contributed by atoms with Crippen molar-refractivity contribution in [3.05, 3.63) is 30.1 Å². The van der Waals surface area contributed by atoms with Gasteiger partial charge in [0.05, 0.1) is 22.4 Å². The van der Waals surface area contributed by atoms with E-state index in [1.165, 1.54) is 0 Å². The second-order valence-corrected chi connectivity index (χ2v) is 6.65. The zero-order valence-corrected chi connectivity index (χ0v) is 12.6. The van der Waals surface area contributed by atoms with Crippen molar-refractivity contribution in [2.75, 3.05) is 0 Å². The summed E-state index contributed by atoms with van der Waals surface area (Å²) < 4.78 is 2.25. The first kappa shape index (κ1) is 14.0. The highest BCUT2D eigenvalue weighted by Crippen LogP contribution is 2.23. The topological polar surface area (TPSA) is 43.8 Å². The largest absolute Gasteiger partial charge is 0.393 e. The summed E-state index contributed by atoms with van der Waals surface area (Å²) >= 11 is 5.02. The summed E-state index contributed by atoms with van der Waals surface area (Å²) in [7, 11) is 0. The van der Waals surface area contributed by atoms with Gasteiger partial charge in [-0.2, -0.15) is 0 Å². The van der Waals surface area contributed by atoms with Crippen LogP contribution in [0.25, 0.3) is 11.0 Å². The fourth-order valence-corrected chi connectivity index (χ4v) is 2.24. The normalized spacial score (nSPS) is 11.9. The number of hydrogen-bond acceptors (Lipinski definition) is 2. The average molecular weight is 275 g/mol. The summed E-state index contributed by atoms with van der Waals surface area (Å²) in [6.07, 6.45) is 1.66. The van der Waals surface area contributed by atoms with E-state index in [2.05, 4.69) is 36.4 Å². The van der Waals surface area contributed by atoms with Gasteiger partial charge in [0.1, 0.15) is 5.82 Å². The van der Waals surface area contributed by atoms with Crippen LogP contribution in [0.5, 0.6) is 0 Å². The lowest BCUT2D eigenvalue weighted by Crippen LogP contribution is -2.17. The van der Waals surface area contributed by atoms with Gasteiger partial charge in [-0.1, -0.05) is 45.1 Å². The van der Waals surface area contributed by atoms with Crippen molar-refractivity contribution < 1.29 is 0 Å². The zero-order chi connectivity index (χ0) is 14.0. The standard InChI is InChI=1S/C15H21N3S/c1-15(2,3)8-9-18-12-7-5-4-6-11(12)17-14(18)10-13(16)19/h4-7H,8-10H2,1-3H3,(H2,16,19). The number of rotatable bonds is 4. The Morgan fingerprint density at radius 1 is 1.32 bits per heavy atom. The lowest BCUT2D eigenvalue weighted by molar-refractivity contribution is 0.351. The van der Waals surface area contributed by atoms with E-state index in [-0.39, 0.29) is 0 Å². The summed E-state index contributed by atoms with van der Waals surface area (Å²) in [4.78, 5) is 5.14. The van der Waals surface area contributed by atoms with Crippen molar-refractivity contribution in [1.29, 1.82) is 0 Å². The van der Waals surface area contributed by atoms with E-state index in [0.29, 0.717) is 16.8 Å². The minimum atomic E-state index is 0.297. The van der Waals surface area contributed by atoms with Gasteiger partial charge in [0.15, 0.2) is 0 Å². The molecule has 4 heteroatoms. The molecule has 102 valence electrons. The van der Waals surface area contributed by atoms with E-state index >= 15 is 0 Å². The fraction of sp³-hybridized carbons (Fsp3) is 0.467. The van der Waals surface area contributed by atoms with E-state index < -0.39 is 0 Å². The van der Waals surface area contributed by atoms with Crippen LogP contribution in [0, 0.1) is 5.41 Å². The van der Waals surface area contributed by atoms with Gasteiger partial charge in [0.25, 0.3) is 0 Å². The summed E-state index contributed by atoms with van der Waals surface area (Å²) in [5.74, 6) is 0.970. The highest BCUT2D eigenvalue weighted by Gasteiger charge is 2.15. The van der Waals surface area contributed by atoms with Crippen molar-refractivity contribution in [2.24, 2.45) is 11.1 Å². The molecule has 0 aliphatic rings. The Hall–Kier alpha value is -1.42. The van der Waals surface area contributed by atoms with E-state index in [1.54, 1.807) is 0 Å². The van der Waals surface area contributed by atoms with Crippen molar-refractivity contribution in [1.82, 2.24) is 9.55 Å². The van der Waals surface area contributed by atoms with Gasteiger partial charge in [-0.3, -0.25) is 0 Å². The molecule has 2 rings (SSSR count). The maximum atomic E-state index is 5.68. The molecule has 0 spiro atoms. The van der Waals surface area contributed by atoms with Crippen LogP contribution in [-0.4, -0.2) is 14.5 Å². The third-order valence-corrected chi connectivity index (χ3v) is 3.30. The molecule has 0 radical (unpaired) electrons. The molecule has 1 aromatic carbocycles. The monoisotopic (exact) mass is 275 g/mol. The minimum absolute atomic E-state index is 0.297. The van der Waals surface area contributed by atoms with Crippen LogP contribution in [0.1, 0.15) is 33.0 Å². The molecule has 1 aromatic heterocycles. The van der Waals surface area contributed by atoms with Gasteiger partial charge in [0.2, 0.25) is 0 Å². The maximum absolute atomic E-state index is 5.68. The van der Waals surface area contributed by atoms with E-state index in [4.69, 9.17) is 18.0 Å². The molecule has 0 aliphatic carbocycles. The number of aromatic nitrogens is 2. The molecular weight excluding hydrogens is 254 g/mol. The molecular formula is C15H21N3S. The quantitative estimate of drug-likeness (QED) is 0.871. The van der Waals surface area contributed by atoms with Crippen molar-refractivity contribution in [2.45, 2.75) is 40.2 Å². The smallest absolute Gasteiger partial charge is 0.116 e. The average Bonchev–Trinajstić information content (AvgIpc) is 2.61. The van der Waals surface area contributed by atoms with Gasteiger partial charge < -0.3 is 10.3 Å². The number of para-hydroxylation sites is 2. The van der Waals surface area contributed by atoms with E-state index in [1.807, 2.05) is 18.2 Å². The molecule has 0 aliphatic heterocycles. The highest BCUT2D eigenvalue weighted by molar-refractivity contribution is 7.80. The Morgan fingerprint density at radius 3 is 2.63 bits per heavy atom. The predicted octanol–water partition coefficient (Wildman–Crippen LogP) is 3.30. The Labute approximate surface area is 119 Å². The number of fused-ring (bicyclic) bond motifs is 1. The molecule has 0 fully saturated rings. The SMILES string of the molecule is CC(C)(C)CCn1c(CC(N)=S)nc2ccccc21. The molecule has 0 unspecified atom stereocenters. The lowest BCUT2D eigenvalue weighted by atomic mass is 9.92. The summed E-state index contributed by atoms with van der Waals surface area (Å²) in [5.41, 5.74) is 8.15. The number of nitrogens with zero attached hydrogens (tertiary/aromatic N) is 2. The second-order valence-electron chi connectivity index (χ2n) is 6.12. The lowest BCUT2D eigenvalue weighted by Gasteiger charge is -2.19. The molecule has 1 heterocycles. The van der Waals surface area contributed by atoms with Gasteiger partial charge in [-0.25, -0.2) is 4.98 Å². The van der Waals surface area contributed by atoms with Crippen LogP contribution in [0.4, 0.5) is 0 Å². The van der Waals surface area contributed by atoms with Crippen LogP contribution in [0.3, 0.4) is 0 Å². The van der Waals surface area contributed by atoms with E-state index in [9.17, 15) is 0 Å². The Kier molecular flexibility index (Phi) is 3.90. The Bertz CT molecular complexity index is 593. The zero-order valence-electron chi connectivity index (χ0n) is 11.8. The molecule has 19 heavy (non-hydrogen) atoms. The van der Waals surface area contributed by atoms with Gasteiger partial charge >= 0.3 is 0 Å². The summed E-state index contributed by atoms with van der Waals surface area (Å²) in [6.45, 7) is 7.69. The molecule has 0 saturated heterocycles. The predicted molar refractivity (Wildman–Crippen MR) is 84.3 cm³/mol. The molecule has 3 nitrogen and oxygen atoms in total. The van der Waals surface area contributed by atoms with Gasteiger partial charge in [-0.15, -0.1) is 0 Å². The maximum Gasteiger partial charge on any atom is 0.116 e. The number of nitrogens with two attached hydrogens (primary N) is 1. The summed E-state index contributed by atoms with van der Waals surface area (Å²) in [5, 5.41) is 0. The molecule has 2 N–H and O–H groups in total. The molecule has 2 aromatic rings. The van der Waals surface area contributed by atoms with Gasteiger partial charge in [-0.05, 0) is 24.0 Å². The highest BCUT2D eigenvalue weighted by atomic mass is 32.1. The Balaban J connectivity index is 2.39. The van der Waals surface area contributed by atoms with Crippen LogP contribution in [-0.2, 0) is 13.0 Å². The number of benzene rings is 1. The van der Waals surface area contributed by atoms with Crippen LogP contribution >= 0.6 is 12.2 Å². The first-order valence-corrected chi connectivity index (χ1v) is 7.00. The minimum Gasteiger partial charge on any atom is -0.393 e. The van der Waals surface area contributed by atoms with Crippen LogP contribution in [0.2, 0.25) is 0 Å². The number of hydrogen-bond donors (Lipinski definition) is 1. The van der Waals surface area contributed by atoms with E-state index in [0.717, 1.165) is 29.8 Å². The number of thiocarbonyl (C=S) groups is 1. The fourth-order valence-electron chi connectivity index (χ4n) is 2.11. The third-order valence-electron chi connectivity index (χ3n) is 3.15. The molecule has 0 atom stereocenters. The molecule has 0 amide bonds. The first-order chi connectivity index (χ1) is 8.87. The molecule has 0 bridgehead atoms. The van der Waals surface area contributed by atoms with Crippen LogP contribution in [0.15, 0.2) is 24.3 Å². The van der Waals surface area contributed by atoms with Crippen LogP contribution < -0.4 is 5.73 Å². The first-order valence-electron chi connectivity index (χ1n) is 6.59. The molecule has 0 saturated carbocycles. The summed E-state index contributed by atoms with van der Waals surface area (Å²) in [6, 6.07) is 8.19. The third kappa shape index (κ3) is 3.53. The van der Waals surface area contributed by atoms with Crippen molar-refractivity contribution in [3.8, 4) is 0 Å². The Morgan fingerprint density at radius 2 is 2.00 bits per heavy atom. The number of aryl methyl sites for hydroxylation is 1. The van der Waals surface area contributed by atoms with Gasteiger partial charge in [0, 0.05) is 6.54 Å². The second kappa shape index (κ2) is 5.29. The van der Waals surface area contributed by atoms with Crippen molar-refractivity contribution in [3.63, 3.8) is 0 Å². The number of imidazole rings is 1. The van der Waals surface area contributed by atoms with Crippen molar-refractivity contribution >= 4 is 28.2 Å².